The fourth-order valence-corrected chi connectivity index (χ4v) is 5.14. The van der Waals surface area contributed by atoms with E-state index in [1.54, 1.807) is 17.0 Å². The molecule has 5 rings (SSSR count). The molecule has 0 bridgehead atoms. The van der Waals surface area contributed by atoms with E-state index in [-0.39, 0.29) is 39.9 Å². The zero-order valence-corrected chi connectivity index (χ0v) is 21.4. The lowest BCUT2D eigenvalue weighted by molar-refractivity contribution is -0.126. The quantitative estimate of drug-likeness (QED) is 0.386. The molecule has 9 nitrogen and oxygen atoms in total. The summed E-state index contributed by atoms with van der Waals surface area (Å²) in [6.07, 6.45) is 3.48. The van der Waals surface area contributed by atoms with Crippen molar-refractivity contribution in [3.8, 4) is 17.3 Å². The Morgan fingerprint density at radius 2 is 2.03 bits per heavy atom. The maximum atomic E-state index is 14.7. The molecule has 2 aliphatic heterocycles. The van der Waals surface area contributed by atoms with Gasteiger partial charge in [-0.05, 0) is 50.7 Å². The molecule has 4 heterocycles. The number of aromatic nitrogens is 3. The Balaban J connectivity index is 1.55. The zero-order chi connectivity index (χ0) is 26.1. The van der Waals surface area contributed by atoms with Crippen molar-refractivity contribution in [2.24, 2.45) is 0 Å². The van der Waals surface area contributed by atoms with Gasteiger partial charge in [0.25, 0.3) is 0 Å². The number of carbonyl (C=O) groups is 1. The molecule has 2 saturated heterocycles. The number of anilines is 2. The molecule has 0 saturated carbocycles. The van der Waals surface area contributed by atoms with E-state index in [9.17, 15) is 9.18 Å². The summed E-state index contributed by atoms with van der Waals surface area (Å²) in [5.74, 6) is -0.0200. The van der Waals surface area contributed by atoms with Crippen LogP contribution in [-0.2, 0) is 4.79 Å². The molecule has 3 aromatic rings. The molecule has 0 radical (unpaired) electrons. The van der Waals surface area contributed by atoms with Crippen LogP contribution in [0.1, 0.15) is 12.8 Å². The predicted octanol–water partition coefficient (Wildman–Crippen LogP) is 3.37. The van der Waals surface area contributed by atoms with Gasteiger partial charge in [-0.1, -0.05) is 24.2 Å². The number of carbonyl (C=O) groups excluding carboxylic acids is 1. The van der Waals surface area contributed by atoms with Crippen molar-refractivity contribution >= 4 is 40.0 Å². The lowest BCUT2D eigenvalue weighted by Gasteiger charge is -2.35. The number of hydrogen-bond donors (Lipinski definition) is 1. The van der Waals surface area contributed by atoms with Gasteiger partial charge >= 0.3 is 6.01 Å². The number of benzene rings is 1. The fraction of sp³-hybridized carbons (Fsp3) is 0.385. The second kappa shape index (κ2) is 10.5. The Bertz CT molecular complexity index is 1330. The molecule has 37 heavy (non-hydrogen) atoms. The molecule has 0 aliphatic carbocycles. The highest BCUT2D eigenvalue weighted by atomic mass is 35.5. The van der Waals surface area contributed by atoms with Crippen molar-refractivity contribution in [1.82, 2.24) is 24.8 Å². The molecule has 1 aromatic carbocycles. The molecule has 11 heteroatoms. The molecular formula is C26H29ClFN7O2. The topological polar surface area (TPSA) is 101 Å². The minimum atomic E-state index is -0.521. The molecule has 194 valence electrons. The van der Waals surface area contributed by atoms with Crippen molar-refractivity contribution in [2.45, 2.75) is 18.9 Å². The normalized spacial score (nSPS) is 18.4. The Morgan fingerprint density at radius 3 is 2.70 bits per heavy atom. The number of nitrogens with two attached hydrogens (primary N) is 1. The standard InChI is InChI=1S/C26H29ClFN7O2/c1-3-21(36)34-10-12-35(13-11-34)25-17-14-18(27)23(22-19(28)7-4-8-20(22)29)30-24(17)31-26(32-25)37-15-16-6-5-9-33(16)2/h3-4,7-8,14,16H,1,5-6,9-13,15,29H2,2H3/t16-/m0/s1. The van der Waals surface area contributed by atoms with Crippen molar-refractivity contribution in [3.63, 3.8) is 0 Å². The summed E-state index contributed by atoms with van der Waals surface area (Å²) in [7, 11) is 2.08. The van der Waals surface area contributed by atoms with Gasteiger partial charge in [0, 0.05) is 37.9 Å². The molecule has 2 aliphatic rings. The van der Waals surface area contributed by atoms with Gasteiger partial charge in [0.1, 0.15) is 18.2 Å². The van der Waals surface area contributed by atoms with Crippen LogP contribution < -0.4 is 15.4 Å². The number of piperazine rings is 1. The van der Waals surface area contributed by atoms with E-state index in [0.29, 0.717) is 49.6 Å². The summed E-state index contributed by atoms with van der Waals surface area (Å²) < 4.78 is 20.8. The summed E-state index contributed by atoms with van der Waals surface area (Å²) in [4.78, 5) is 32.1. The van der Waals surface area contributed by atoms with Crippen LogP contribution in [0.5, 0.6) is 6.01 Å². The number of nitrogen functional groups attached to an aromatic ring is 1. The van der Waals surface area contributed by atoms with Crippen molar-refractivity contribution in [3.05, 3.63) is 47.8 Å². The van der Waals surface area contributed by atoms with Crippen LogP contribution in [0.15, 0.2) is 36.9 Å². The summed E-state index contributed by atoms with van der Waals surface area (Å²) in [6, 6.07) is 6.61. The minimum Gasteiger partial charge on any atom is -0.462 e. The van der Waals surface area contributed by atoms with Crippen LogP contribution in [0.25, 0.3) is 22.3 Å². The SMILES string of the molecule is C=CC(=O)N1CCN(c2nc(OC[C@@H]3CCCN3C)nc3nc(-c4c(N)cccc4F)c(Cl)cc23)CC1. The van der Waals surface area contributed by atoms with Crippen LogP contribution in [0, 0.1) is 5.82 Å². The first-order chi connectivity index (χ1) is 17.9. The predicted molar refractivity (Wildman–Crippen MR) is 142 cm³/mol. The van der Waals surface area contributed by atoms with Gasteiger partial charge in [-0.15, -0.1) is 0 Å². The average molecular weight is 526 g/mol. The maximum absolute atomic E-state index is 14.7. The number of fused-ring (bicyclic) bond motifs is 1. The van der Waals surface area contributed by atoms with Gasteiger partial charge in [-0.2, -0.15) is 9.97 Å². The molecule has 1 amide bonds. The number of nitrogens with zero attached hydrogens (tertiary/aromatic N) is 6. The number of likely N-dealkylation sites (N-methyl/N-ethyl adjacent to an activating group) is 1. The third-order valence-electron chi connectivity index (χ3n) is 7.02. The van der Waals surface area contributed by atoms with Gasteiger partial charge in [-0.3, -0.25) is 4.79 Å². The Hall–Kier alpha value is -3.50. The van der Waals surface area contributed by atoms with Crippen LogP contribution in [0.3, 0.4) is 0 Å². The number of hydrogen-bond acceptors (Lipinski definition) is 8. The van der Waals surface area contributed by atoms with Gasteiger partial charge in [0.15, 0.2) is 5.65 Å². The van der Waals surface area contributed by atoms with Crippen LogP contribution in [0.4, 0.5) is 15.9 Å². The number of halogens is 2. The van der Waals surface area contributed by atoms with Crippen LogP contribution in [-0.4, -0.2) is 83.1 Å². The van der Waals surface area contributed by atoms with Crippen LogP contribution in [0.2, 0.25) is 5.02 Å². The van der Waals surface area contributed by atoms with E-state index < -0.39 is 5.82 Å². The zero-order valence-electron chi connectivity index (χ0n) is 20.7. The summed E-state index contributed by atoms with van der Waals surface area (Å²) >= 11 is 6.62. The van der Waals surface area contributed by atoms with Gasteiger partial charge in [-0.25, -0.2) is 9.37 Å². The van der Waals surface area contributed by atoms with E-state index in [4.69, 9.17) is 27.1 Å². The van der Waals surface area contributed by atoms with Gasteiger partial charge < -0.3 is 25.2 Å². The smallest absolute Gasteiger partial charge is 0.320 e. The van der Waals surface area contributed by atoms with E-state index in [1.165, 1.54) is 18.2 Å². The van der Waals surface area contributed by atoms with Crippen molar-refractivity contribution in [2.75, 3.05) is 57.0 Å². The number of ether oxygens (including phenoxy) is 1. The van der Waals surface area contributed by atoms with Crippen LogP contribution >= 0.6 is 11.6 Å². The molecular weight excluding hydrogens is 497 g/mol. The van der Waals surface area contributed by atoms with E-state index in [1.807, 2.05) is 0 Å². The first-order valence-electron chi connectivity index (χ1n) is 12.3. The fourth-order valence-electron chi connectivity index (χ4n) is 4.90. The highest BCUT2D eigenvalue weighted by Crippen LogP contribution is 2.37. The number of pyridine rings is 1. The Labute approximate surface area is 219 Å². The Morgan fingerprint density at radius 1 is 1.24 bits per heavy atom. The summed E-state index contributed by atoms with van der Waals surface area (Å²) in [5.41, 5.74) is 6.96. The molecule has 1 atom stereocenters. The lowest BCUT2D eigenvalue weighted by Crippen LogP contribution is -2.48. The Kier molecular flexibility index (Phi) is 7.12. The largest absolute Gasteiger partial charge is 0.462 e. The number of amides is 1. The summed E-state index contributed by atoms with van der Waals surface area (Å²) in [6.45, 7) is 7.19. The molecule has 0 spiro atoms. The van der Waals surface area contributed by atoms with Crippen molar-refractivity contribution < 1.29 is 13.9 Å². The molecule has 2 aromatic heterocycles. The minimum absolute atomic E-state index is 0.103. The molecule has 2 N–H and O–H groups in total. The van der Waals surface area contributed by atoms with E-state index >= 15 is 0 Å². The van der Waals surface area contributed by atoms with E-state index in [0.717, 1.165) is 19.4 Å². The first-order valence-corrected chi connectivity index (χ1v) is 12.7. The highest BCUT2D eigenvalue weighted by molar-refractivity contribution is 6.34. The second-order valence-corrected chi connectivity index (χ2v) is 9.74. The molecule has 2 fully saturated rings. The third kappa shape index (κ3) is 5.03. The van der Waals surface area contributed by atoms with E-state index in [2.05, 4.69) is 33.4 Å². The first kappa shape index (κ1) is 25.2. The number of likely N-dealkylation sites (tertiary alicyclic amines) is 1. The van der Waals surface area contributed by atoms with Gasteiger partial charge in [0.2, 0.25) is 5.91 Å². The maximum Gasteiger partial charge on any atom is 0.320 e. The second-order valence-electron chi connectivity index (χ2n) is 9.33. The van der Waals surface area contributed by atoms with Crippen molar-refractivity contribution in [1.29, 1.82) is 0 Å². The average Bonchev–Trinajstić information content (AvgIpc) is 3.31. The lowest BCUT2D eigenvalue weighted by atomic mass is 10.1. The third-order valence-corrected chi connectivity index (χ3v) is 7.31. The summed E-state index contributed by atoms with van der Waals surface area (Å²) in [5, 5.41) is 0.841. The van der Waals surface area contributed by atoms with Gasteiger partial charge in [0.05, 0.1) is 21.7 Å². The molecule has 0 unspecified atom stereocenters. The number of rotatable bonds is 6. The highest BCUT2D eigenvalue weighted by Gasteiger charge is 2.26. The monoisotopic (exact) mass is 525 g/mol.